The molecule has 1 saturated heterocycles. The summed E-state index contributed by atoms with van der Waals surface area (Å²) in [6, 6.07) is 10.9. The maximum atomic E-state index is 12.9. The Morgan fingerprint density at radius 2 is 1.85 bits per heavy atom. The van der Waals surface area contributed by atoms with Crippen molar-refractivity contribution in [3.63, 3.8) is 0 Å². The molecule has 1 aliphatic rings. The first-order chi connectivity index (χ1) is 9.81. The highest BCUT2D eigenvalue weighted by molar-refractivity contribution is 7.99. The highest BCUT2D eigenvalue weighted by atomic mass is 32.2. The summed E-state index contributed by atoms with van der Waals surface area (Å²) in [4.78, 5) is 0. The zero-order chi connectivity index (χ0) is 13.8. The molecule has 106 valence electrons. The van der Waals surface area contributed by atoms with Gasteiger partial charge in [0.1, 0.15) is 17.3 Å². The van der Waals surface area contributed by atoms with E-state index in [2.05, 4.69) is 5.32 Å². The van der Waals surface area contributed by atoms with Gasteiger partial charge in [-0.05, 0) is 60.7 Å². The van der Waals surface area contributed by atoms with Crippen molar-refractivity contribution in [3.8, 4) is 11.3 Å². The molecule has 2 heterocycles. The van der Waals surface area contributed by atoms with Crippen LogP contribution in [0.15, 0.2) is 40.8 Å². The lowest BCUT2D eigenvalue weighted by Gasteiger charge is -2.21. The van der Waals surface area contributed by atoms with Crippen LogP contribution in [0, 0.1) is 5.82 Å². The second-order valence-corrected chi connectivity index (χ2v) is 6.27. The van der Waals surface area contributed by atoms with Gasteiger partial charge in [-0.25, -0.2) is 4.39 Å². The van der Waals surface area contributed by atoms with Gasteiger partial charge in [-0.2, -0.15) is 11.8 Å². The molecule has 1 N–H and O–H groups in total. The van der Waals surface area contributed by atoms with Gasteiger partial charge in [-0.15, -0.1) is 0 Å². The van der Waals surface area contributed by atoms with Crippen molar-refractivity contribution in [2.45, 2.75) is 25.4 Å². The SMILES string of the molecule is Fc1ccc(-c2ccc(CNC3CCSCC3)o2)cc1. The van der Waals surface area contributed by atoms with Gasteiger partial charge < -0.3 is 9.73 Å². The van der Waals surface area contributed by atoms with Gasteiger partial charge in [0.25, 0.3) is 0 Å². The minimum absolute atomic E-state index is 0.225. The number of nitrogens with one attached hydrogen (secondary N) is 1. The first-order valence-electron chi connectivity index (χ1n) is 6.97. The molecule has 2 nitrogen and oxygen atoms in total. The second-order valence-electron chi connectivity index (χ2n) is 5.04. The van der Waals surface area contributed by atoms with E-state index in [9.17, 15) is 4.39 Å². The van der Waals surface area contributed by atoms with Crippen molar-refractivity contribution >= 4 is 11.8 Å². The quantitative estimate of drug-likeness (QED) is 0.919. The molecule has 3 rings (SSSR count). The fourth-order valence-corrected chi connectivity index (χ4v) is 3.50. The van der Waals surface area contributed by atoms with Crippen LogP contribution in [0.25, 0.3) is 11.3 Å². The summed E-state index contributed by atoms with van der Waals surface area (Å²) in [7, 11) is 0. The van der Waals surface area contributed by atoms with Gasteiger partial charge in [-0.3, -0.25) is 0 Å². The van der Waals surface area contributed by atoms with Gasteiger partial charge in [0, 0.05) is 11.6 Å². The van der Waals surface area contributed by atoms with E-state index in [1.807, 2.05) is 23.9 Å². The maximum absolute atomic E-state index is 12.9. The Bertz CT molecular complexity index is 546. The van der Waals surface area contributed by atoms with E-state index in [4.69, 9.17) is 4.42 Å². The third kappa shape index (κ3) is 3.44. The lowest BCUT2D eigenvalue weighted by molar-refractivity contribution is 0.433. The third-order valence-electron chi connectivity index (χ3n) is 3.58. The molecule has 0 aliphatic carbocycles. The van der Waals surface area contributed by atoms with E-state index < -0.39 is 0 Å². The van der Waals surface area contributed by atoms with E-state index in [-0.39, 0.29) is 5.82 Å². The van der Waals surface area contributed by atoms with Crippen LogP contribution in [-0.2, 0) is 6.54 Å². The van der Waals surface area contributed by atoms with Gasteiger partial charge in [0.05, 0.1) is 6.54 Å². The van der Waals surface area contributed by atoms with Crippen LogP contribution in [0.5, 0.6) is 0 Å². The van der Waals surface area contributed by atoms with Crippen LogP contribution < -0.4 is 5.32 Å². The predicted molar refractivity (Wildman–Crippen MR) is 81.3 cm³/mol. The molecule has 1 fully saturated rings. The van der Waals surface area contributed by atoms with Crippen LogP contribution in [0.4, 0.5) is 4.39 Å². The molecule has 0 atom stereocenters. The van der Waals surface area contributed by atoms with E-state index in [1.165, 1.54) is 36.5 Å². The summed E-state index contributed by atoms with van der Waals surface area (Å²) in [6.07, 6.45) is 2.46. The molecule has 0 bridgehead atoms. The van der Waals surface area contributed by atoms with Gasteiger partial charge in [-0.1, -0.05) is 0 Å². The van der Waals surface area contributed by atoms with Crippen LogP contribution in [0.3, 0.4) is 0 Å². The van der Waals surface area contributed by atoms with E-state index in [1.54, 1.807) is 12.1 Å². The zero-order valence-electron chi connectivity index (χ0n) is 11.3. The second kappa shape index (κ2) is 6.46. The summed E-state index contributed by atoms with van der Waals surface area (Å²) in [6.45, 7) is 0.760. The Hall–Kier alpha value is -1.26. The number of furan rings is 1. The molecule has 1 aliphatic heterocycles. The largest absolute Gasteiger partial charge is 0.460 e. The van der Waals surface area contributed by atoms with Crippen molar-refractivity contribution < 1.29 is 8.81 Å². The lowest BCUT2D eigenvalue weighted by Crippen LogP contribution is -2.31. The fourth-order valence-electron chi connectivity index (χ4n) is 2.39. The van der Waals surface area contributed by atoms with Crippen molar-refractivity contribution in [1.29, 1.82) is 0 Å². The molecule has 2 aromatic rings. The van der Waals surface area contributed by atoms with Crippen molar-refractivity contribution in [3.05, 3.63) is 48.0 Å². The molecule has 0 unspecified atom stereocenters. The number of halogens is 1. The van der Waals surface area contributed by atoms with Gasteiger partial charge >= 0.3 is 0 Å². The number of hydrogen-bond acceptors (Lipinski definition) is 3. The van der Waals surface area contributed by atoms with E-state index in [0.29, 0.717) is 6.04 Å². The van der Waals surface area contributed by atoms with Gasteiger partial charge in [0.2, 0.25) is 0 Å². The predicted octanol–water partition coefficient (Wildman–Crippen LogP) is 4.07. The van der Waals surface area contributed by atoms with E-state index in [0.717, 1.165) is 23.6 Å². The molecule has 0 saturated carbocycles. The Morgan fingerprint density at radius 1 is 1.10 bits per heavy atom. The minimum Gasteiger partial charge on any atom is -0.460 e. The molecule has 1 aromatic heterocycles. The molecule has 0 radical (unpaired) electrons. The zero-order valence-corrected chi connectivity index (χ0v) is 12.1. The molecule has 20 heavy (non-hydrogen) atoms. The Labute approximate surface area is 122 Å². The summed E-state index contributed by atoms with van der Waals surface area (Å²) < 4.78 is 18.7. The molecular formula is C16H18FNOS. The van der Waals surface area contributed by atoms with Crippen LogP contribution in [0.1, 0.15) is 18.6 Å². The summed E-state index contributed by atoms with van der Waals surface area (Å²) in [5.74, 6) is 3.99. The lowest BCUT2D eigenvalue weighted by atomic mass is 10.1. The smallest absolute Gasteiger partial charge is 0.134 e. The molecular weight excluding hydrogens is 273 g/mol. The Kier molecular flexibility index (Phi) is 4.43. The van der Waals surface area contributed by atoms with Crippen molar-refractivity contribution in [2.75, 3.05) is 11.5 Å². The number of thioether (sulfide) groups is 1. The molecule has 4 heteroatoms. The average molecular weight is 291 g/mol. The topological polar surface area (TPSA) is 25.2 Å². The Balaban J connectivity index is 1.60. The fraction of sp³-hybridized carbons (Fsp3) is 0.375. The summed E-state index contributed by atoms with van der Waals surface area (Å²) >= 11 is 2.03. The highest BCUT2D eigenvalue weighted by Crippen LogP contribution is 2.23. The average Bonchev–Trinajstić information content (AvgIpc) is 2.96. The monoisotopic (exact) mass is 291 g/mol. The van der Waals surface area contributed by atoms with Crippen molar-refractivity contribution in [2.24, 2.45) is 0 Å². The highest BCUT2D eigenvalue weighted by Gasteiger charge is 2.13. The Morgan fingerprint density at radius 3 is 2.60 bits per heavy atom. The first kappa shape index (κ1) is 13.7. The molecule has 0 amide bonds. The first-order valence-corrected chi connectivity index (χ1v) is 8.12. The standard InChI is InChI=1S/C16H18FNOS/c17-13-3-1-12(2-4-13)16-6-5-15(19-16)11-18-14-7-9-20-10-8-14/h1-6,14,18H,7-11H2. The maximum Gasteiger partial charge on any atom is 0.134 e. The normalized spacial score (nSPS) is 16.4. The third-order valence-corrected chi connectivity index (χ3v) is 4.63. The van der Waals surface area contributed by atoms with Crippen molar-refractivity contribution in [1.82, 2.24) is 5.32 Å². The molecule has 0 spiro atoms. The summed E-state index contributed by atoms with van der Waals surface area (Å²) in [5.41, 5.74) is 0.909. The number of rotatable bonds is 4. The molecule has 1 aromatic carbocycles. The van der Waals surface area contributed by atoms with E-state index >= 15 is 0 Å². The van der Waals surface area contributed by atoms with Crippen LogP contribution in [-0.4, -0.2) is 17.5 Å². The number of hydrogen-bond donors (Lipinski definition) is 1. The van der Waals surface area contributed by atoms with Gasteiger partial charge in [0.15, 0.2) is 0 Å². The summed E-state index contributed by atoms with van der Waals surface area (Å²) in [5, 5.41) is 3.54. The van der Waals surface area contributed by atoms with Crippen LogP contribution >= 0.6 is 11.8 Å². The van der Waals surface area contributed by atoms with Crippen LogP contribution in [0.2, 0.25) is 0 Å². The minimum atomic E-state index is -0.225. The number of benzene rings is 1.